The van der Waals surface area contributed by atoms with Gasteiger partial charge in [-0.15, -0.1) is 11.3 Å². The SMILES string of the molecule is CCc1ccc(C(NC)c2cc(Br)ccc2Br)s1. The van der Waals surface area contributed by atoms with E-state index in [1.165, 1.54) is 15.3 Å². The Labute approximate surface area is 129 Å². The maximum Gasteiger partial charge on any atom is 0.0680 e. The number of thiophene rings is 1. The number of hydrogen-bond donors (Lipinski definition) is 1. The lowest BCUT2D eigenvalue weighted by molar-refractivity contribution is 0.700. The summed E-state index contributed by atoms with van der Waals surface area (Å²) >= 11 is 9.05. The van der Waals surface area contributed by atoms with Crippen LogP contribution >= 0.6 is 43.2 Å². The van der Waals surface area contributed by atoms with Gasteiger partial charge in [0.05, 0.1) is 6.04 Å². The van der Waals surface area contributed by atoms with Crippen molar-refractivity contribution >= 4 is 43.2 Å². The first kappa shape index (κ1) is 14.3. The normalized spacial score (nSPS) is 12.7. The summed E-state index contributed by atoms with van der Waals surface area (Å²) in [6, 6.07) is 11.0. The van der Waals surface area contributed by atoms with Crippen molar-refractivity contribution in [3.8, 4) is 0 Å². The van der Waals surface area contributed by atoms with Crippen molar-refractivity contribution in [1.29, 1.82) is 0 Å². The summed E-state index contributed by atoms with van der Waals surface area (Å²) in [5.74, 6) is 0. The van der Waals surface area contributed by atoms with E-state index in [2.05, 4.69) is 68.4 Å². The molecule has 0 radical (unpaired) electrons. The van der Waals surface area contributed by atoms with E-state index in [-0.39, 0.29) is 6.04 Å². The zero-order valence-electron chi connectivity index (χ0n) is 10.3. The van der Waals surface area contributed by atoms with E-state index in [1.54, 1.807) is 0 Å². The molecule has 0 spiro atoms. The zero-order valence-corrected chi connectivity index (χ0v) is 14.3. The molecule has 2 aromatic rings. The number of hydrogen-bond acceptors (Lipinski definition) is 2. The third kappa shape index (κ3) is 3.05. The van der Waals surface area contributed by atoms with Gasteiger partial charge in [0.1, 0.15) is 0 Å². The molecular weight excluding hydrogens is 374 g/mol. The molecule has 1 aromatic heterocycles. The molecule has 0 fully saturated rings. The van der Waals surface area contributed by atoms with Crippen molar-refractivity contribution in [1.82, 2.24) is 5.32 Å². The molecule has 0 saturated heterocycles. The molecule has 0 saturated carbocycles. The van der Waals surface area contributed by atoms with Crippen LogP contribution in [0.2, 0.25) is 0 Å². The van der Waals surface area contributed by atoms with Crippen LogP contribution in [-0.2, 0) is 6.42 Å². The van der Waals surface area contributed by atoms with Gasteiger partial charge in [-0.2, -0.15) is 0 Å². The van der Waals surface area contributed by atoms with Gasteiger partial charge in [-0.05, 0) is 49.4 Å². The van der Waals surface area contributed by atoms with Crippen LogP contribution in [0.1, 0.15) is 28.3 Å². The highest BCUT2D eigenvalue weighted by Crippen LogP contribution is 2.34. The van der Waals surface area contributed by atoms with Gasteiger partial charge in [0.15, 0.2) is 0 Å². The van der Waals surface area contributed by atoms with Gasteiger partial charge in [-0.25, -0.2) is 0 Å². The predicted octanol–water partition coefficient (Wildman–Crippen LogP) is 5.14. The molecule has 4 heteroatoms. The van der Waals surface area contributed by atoms with E-state index in [0.717, 1.165) is 15.4 Å². The Morgan fingerprint density at radius 3 is 2.61 bits per heavy atom. The first-order chi connectivity index (χ1) is 8.65. The van der Waals surface area contributed by atoms with Crippen LogP contribution < -0.4 is 5.32 Å². The fourth-order valence-electron chi connectivity index (χ4n) is 1.93. The second-order valence-electron chi connectivity index (χ2n) is 4.05. The minimum Gasteiger partial charge on any atom is -0.309 e. The first-order valence-electron chi connectivity index (χ1n) is 5.86. The smallest absolute Gasteiger partial charge is 0.0680 e. The summed E-state index contributed by atoms with van der Waals surface area (Å²) in [5, 5.41) is 3.40. The quantitative estimate of drug-likeness (QED) is 0.764. The highest BCUT2D eigenvalue weighted by Gasteiger charge is 2.17. The average Bonchev–Trinajstić information content (AvgIpc) is 2.83. The lowest BCUT2D eigenvalue weighted by atomic mass is 10.1. The van der Waals surface area contributed by atoms with Crippen molar-refractivity contribution in [2.75, 3.05) is 7.05 Å². The van der Waals surface area contributed by atoms with Crippen molar-refractivity contribution in [3.05, 3.63) is 54.6 Å². The Morgan fingerprint density at radius 1 is 1.22 bits per heavy atom. The van der Waals surface area contributed by atoms with Gasteiger partial charge < -0.3 is 5.32 Å². The number of aryl methyl sites for hydroxylation is 1. The van der Waals surface area contributed by atoms with Gasteiger partial charge in [0, 0.05) is 18.7 Å². The Balaban J connectivity index is 2.41. The molecule has 1 N–H and O–H groups in total. The maximum absolute atomic E-state index is 3.64. The molecule has 1 heterocycles. The Bertz CT molecular complexity index is 536. The third-order valence-corrected chi connectivity index (χ3v) is 5.38. The summed E-state index contributed by atoms with van der Waals surface area (Å²) in [6.07, 6.45) is 1.10. The summed E-state index contributed by atoms with van der Waals surface area (Å²) in [6.45, 7) is 2.19. The van der Waals surface area contributed by atoms with Crippen LogP contribution in [0.15, 0.2) is 39.3 Å². The van der Waals surface area contributed by atoms with Gasteiger partial charge in [0.2, 0.25) is 0 Å². The van der Waals surface area contributed by atoms with Crippen LogP contribution in [0.5, 0.6) is 0 Å². The molecule has 0 aliphatic carbocycles. The van der Waals surface area contributed by atoms with Gasteiger partial charge in [0.25, 0.3) is 0 Å². The largest absolute Gasteiger partial charge is 0.309 e. The summed E-state index contributed by atoms with van der Waals surface area (Å²) in [4.78, 5) is 2.78. The molecule has 1 atom stereocenters. The van der Waals surface area contributed by atoms with Crippen LogP contribution in [-0.4, -0.2) is 7.05 Å². The molecular formula is C14H15Br2NS. The summed E-state index contributed by atoms with van der Waals surface area (Å²) in [7, 11) is 2.00. The molecule has 1 unspecified atom stereocenters. The molecule has 0 bridgehead atoms. The van der Waals surface area contributed by atoms with Crippen LogP contribution in [0.25, 0.3) is 0 Å². The highest BCUT2D eigenvalue weighted by molar-refractivity contribution is 9.11. The lowest BCUT2D eigenvalue weighted by Gasteiger charge is -2.17. The number of nitrogens with one attached hydrogen (secondary N) is 1. The topological polar surface area (TPSA) is 12.0 Å². The molecule has 2 rings (SSSR count). The average molecular weight is 389 g/mol. The molecule has 96 valence electrons. The van der Waals surface area contributed by atoms with E-state index in [4.69, 9.17) is 0 Å². The Kier molecular flexibility index (Phi) is 5.01. The van der Waals surface area contributed by atoms with Crippen molar-refractivity contribution < 1.29 is 0 Å². The van der Waals surface area contributed by atoms with E-state index < -0.39 is 0 Å². The fraction of sp³-hybridized carbons (Fsp3) is 0.286. The summed E-state index contributed by atoms with van der Waals surface area (Å²) in [5.41, 5.74) is 1.26. The predicted molar refractivity (Wildman–Crippen MR) is 86.4 cm³/mol. The number of halogens is 2. The highest BCUT2D eigenvalue weighted by atomic mass is 79.9. The second kappa shape index (κ2) is 6.33. The molecule has 1 nitrogen and oxygen atoms in total. The summed E-state index contributed by atoms with van der Waals surface area (Å²) < 4.78 is 2.24. The van der Waals surface area contributed by atoms with Gasteiger partial charge in [-0.3, -0.25) is 0 Å². The fourth-order valence-corrected chi connectivity index (χ4v) is 3.86. The van der Waals surface area contributed by atoms with Crippen LogP contribution in [0.4, 0.5) is 0 Å². The first-order valence-corrected chi connectivity index (χ1v) is 8.26. The van der Waals surface area contributed by atoms with Crippen molar-refractivity contribution in [3.63, 3.8) is 0 Å². The Morgan fingerprint density at radius 2 is 2.00 bits per heavy atom. The van der Waals surface area contributed by atoms with E-state index >= 15 is 0 Å². The van der Waals surface area contributed by atoms with Gasteiger partial charge in [-0.1, -0.05) is 38.8 Å². The molecule has 0 aliphatic heterocycles. The number of rotatable bonds is 4. The van der Waals surface area contributed by atoms with E-state index in [0.29, 0.717) is 0 Å². The van der Waals surface area contributed by atoms with Crippen LogP contribution in [0.3, 0.4) is 0 Å². The minimum atomic E-state index is 0.238. The van der Waals surface area contributed by atoms with Crippen molar-refractivity contribution in [2.45, 2.75) is 19.4 Å². The lowest BCUT2D eigenvalue weighted by Crippen LogP contribution is -2.16. The number of benzene rings is 1. The minimum absolute atomic E-state index is 0.238. The van der Waals surface area contributed by atoms with Gasteiger partial charge >= 0.3 is 0 Å². The second-order valence-corrected chi connectivity index (χ2v) is 7.02. The van der Waals surface area contributed by atoms with Crippen LogP contribution in [0, 0.1) is 0 Å². The maximum atomic E-state index is 3.64. The molecule has 18 heavy (non-hydrogen) atoms. The monoisotopic (exact) mass is 387 g/mol. The zero-order chi connectivity index (χ0) is 13.1. The molecule has 0 aliphatic rings. The van der Waals surface area contributed by atoms with E-state index in [9.17, 15) is 0 Å². The Hall–Kier alpha value is -0.160. The standard InChI is InChI=1S/C14H15Br2NS/c1-3-10-5-7-13(18-10)14(17-2)11-8-9(15)4-6-12(11)16/h4-8,14,17H,3H2,1-2H3. The molecule has 0 amide bonds. The van der Waals surface area contributed by atoms with Crippen molar-refractivity contribution in [2.24, 2.45) is 0 Å². The third-order valence-electron chi connectivity index (χ3n) is 2.87. The van der Waals surface area contributed by atoms with E-state index in [1.807, 2.05) is 24.5 Å². The molecule has 1 aromatic carbocycles.